The first kappa shape index (κ1) is 25.6. The summed E-state index contributed by atoms with van der Waals surface area (Å²) in [6.07, 6.45) is 15.5. The van der Waals surface area contributed by atoms with Gasteiger partial charge in [0, 0.05) is 32.1 Å². The molecule has 1 aliphatic heterocycles. The van der Waals surface area contributed by atoms with Crippen LogP contribution in [0.25, 0.3) is 0 Å². The van der Waals surface area contributed by atoms with Gasteiger partial charge < -0.3 is 15.3 Å². The van der Waals surface area contributed by atoms with Gasteiger partial charge in [0.15, 0.2) is 0 Å². The van der Waals surface area contributed by atoms with E-state index < -0.39 is 5.82 Å². The van der Waals surface area contributed by atoms with Crippen molar-refractivity contribution in [3.8, 4) is 5.75 Å². The fourth-order valence-electron chi connectivity index (χ4n) is 4.52. The fraction of sp³-hybridized carbons (Fsp3) is 0.731. The Bertz CT molecular complexity index is 618. The highest BCUT2D eigenvalue weighted by Crippen LogP contribution is 2.21. The standard InChI is InChI=1S/C26H43FN2O2/c1-2-3-4-5-6-7-8-9-10-11-14-28-26(31)19-23-13-16-29(21-23)15-12-22-17-24(27)20-25(30)18-22/h17-18,20,23,30H,2-16,19,21H2,1H3,(H,28,31)/t23-/m0/s1. The summed E-state index contributed by atoms with van der Waals surface area (Å²) >= 11 is 0. The number of likely N-dealkylation sites (tertiary alicyclic amines) is 1. The first-order valence-electron chi connectivity index (χ1n) is 12.5. The van der Waals surface area contributed by atoms with Crippen LogP contribution >= 0.6 is 0 Å². The van der Waals surface area contributed by atoms with Gasteiger partial charge >= 0.3 is 0 Å². The predicted molar refractivity (Wildman–Crippen MR) is 126 cm³/mol. The Labute approximate surface area is 188 Å². The monoisotopic (exact) mass is 434 g/mol. The molecule has 1 aromatic carbocycles. The van der Waals surface area contributed by atoms with E-state index in [4.69, 9.17) is 0 Å². The van der Waals surface area contributed by atoms with Crippen LogP contribution in [0.4, 0.5) is 4.39 Å². The van der Waals surface area contributed by atoms with Crippen molar-refractivity contribution < 1.29 is 14.3 Å². The topological polar surface area (TPSA) is 52.6 Å². The van der Waals surface area contributed by atoms with Gasteiger partial charge in [0.2, 0.25) is 5.91 Å². The number of nitrogens with one attached hydrogen (secondary N) is 1. The third kappa shape index (κ3) is 11.5. The number of hydrogen-bond acceptors (Lipinski definition) is 3. The molecular weight excluding hydrogens is 391 g/mol. The van der Waals surface area contributed by atoms with Crippen LogP contribution in [0.3, 0.4) is 0 Å². The van der Waals surface area contributed by atoms with Crippen LogP contribution in [-0.2, 0) is 11.2 Å². The van der Waals surface area contributed by atoms with Crippen LogP contribution in [0.15, 0.2) is 18.2 Å². The van der Waals surface area contributed by atoms with Crippen molar-refractivity contribution in [1.82, 2.24) is 10.2 Å². The molecule has 1 amide bonds. The highest BCUT2D eigenvalue weighted by atomic mass is 19.1. The Balaban J connectivity index is 1.46. The summed E-state index contributed by atoms with van der Waals surface area (Å²) < 4.78 is 13.4. The highest BCUT2D eigenvalue weighted by Gasteiger charge is 2.24. The van der Waals surface area contributed by atoms with Gasteiger partial charge in [-0.15, -0.1) is 0 Å². The molecule has 1 heterocycles. The van der Waals surface area contributed by atoms with Gasteiger partial charge in [-0.3, -0.25) is 4.79 Å². The molecule has 2 N–H and O–H groups in total. The minimum absolute atomic E-state index is 0.0200. The van der Waals surface area contributed by atoms with E-state index in [1.807, 2.05) is 0 Å². The van der Waals surface area contributed by atoms with Crippen LogP contribution in [0.2, 0.25) is 0 Å². The van der Waals surface area contributed by atoms with Gasteiger partial charge in [0.25, 0.3) is 0 Å². The van der Waals surface area contributed by atoms with Gasteiger partial charge in [-0.1, -0.05) is 64.7 Å². The lowest BCUT2D eigenvalue weighted by Gasteiger charge is -2.16. The van der Waals surface area contributed by atoms with Crippen LogP contribution in [0, 0.1) is 11.7 Å². The van der Waals surface area contributed by atoms with E-state index in [1.165, 1.54) is 63.9 Å². The second kappa shape index (κ2) is 15.2. The average molecular weight is 435 g/mol. The maximum atomic E-state index is 13.4. The second-order valence-corrected chi connectivity index (χ2v) is 9.26. The van der Waals surface area contributed by atoms with Crippen LogP contribution < -0.4 is 5.32 Å². The molecule has 31 heavy (non-hydrogen) atoms. The SMILES string of the molecule is CCCCCCCCCCCCNC(=O)C[C@@H]1CCN(CCc2cc(O)cc(F)c2)C1. The largest absolute Gasteiger partial charge is 0.508 e. The third-order valence-electron chi connectivity index (χ3n) is 6.36. The number of carbonyl (C=O) groups is 1. The van der Waals surface area contributed by atoms with Crippen LogP contribution in [-0.4, -0.2) is 42.1 Å². The van der Waals surface area contributed by atoms with E-state index in [1.54, 1.807) is 6.07 Å². The molecule has 2 rings (SSSR count). The molecule has 176 valence electrons. The van der Waals surface area contributed by atoms with Gasteiger partial charge in [0.05, 0.1) is 0 Å². The second-order valence-electron chi connectivity index (χ2n) is 9.26. The summed E-state index contributed by atoms with van der Waals surface area (Å²) in [5.74, 6) is 0.174. The van der Waals surface area contributed by atoms with E-state index in [9.17, 15) is 14.3 Å². The summed E-state index contributed by atoms with van der Waals surface area (Å²) in [7, 11) is 0. The number of benzene rings is 1. The van der Waals surface area contributed by atoms with E-state index >= 15 is 0 Å². The van der Waals surface area contributed by atoms with Crippen molar-refractivity contribution >= 4 is 5.91 Å². The molecular formula is C26H43FN2O2. The predicted octanol–water partition coefficient (Wildman–Crippen LogP) is 5.82. The molecule has 5 heteroatoms. The Morgan fingerprint density at radius 2 is 1.74 bits per heavy atom. The van der Waals surface area contributed by atoms with E-state index in [0.29, 0.717) is 18.8 Å². The molecule has 0 spiro atoms. The Kier molecular flexibility index (Phi) is 12.6. The number of nitrogens with zero attached hydrogens (tertiary/aromatic N) is 1. The summed E-state index contributed by atoms with van der Waals surface area (Å²) in [5, 5.41) is 12.6. The summed E-state index contributed by atoms with van der Waals surface area (Å²) in [6.45, 7) is 5.80. The number of rotatable bonds is 16. The molecule has 1 saturated heterocycles. The zero-order valence-corrected chi connectivity index (χ0v) is 19.5. The van der Waals surface area contributed by atoms with Crippen molar-refractivity contribution in [3.63, 3.8) is 0 Å². The summed E-state index contributed by atoms with van der Waals surface area (Å²) in [4.78, 5) is 14.6. The molecule has 1 aliphatic rings. The van der Waals surface area contributed by atoms with Crippen molar-refractivity contribution in [3.05, 3.63) is 29.6 Å². The average Bonchev–Trinajstić information content (AvgIpc) is 3.17. The molecule has 0 aliphatic carbocycles. The normalized spacial score (nSPS) is 16.6. The smallest absolute Gasteiger partial charge is 0.220 e. The zero-order valence-electron chi connectivity index (χ0n) is 19.5. The van der Waals surface area contributed by atoms with E-state index in [2.05, 4.69) is 17.1 Å². The van der Waals surface area contributed by atoms with Gasteiger partial charge in [-0.05, 0) is 49.4 Å². The highest BCUT2D eigenvalue weighted by molar-refractivity contribution is 5.76. The Morgan fingerprint density at radius 3 is 2.42 bits per heavy atom. The summed E-state index contributed by atoms with van der Waals surface area (Å²) in [6, 6.07) is 4.23. The lowest BCUT2D eigenvalue weighted by atomic mass is 10.0. The number of unbranched alkanes of at least 4 members (excludes halogenated alkanes) is 9. The number of halogens is 1. The lowest BCUT2D eigenvalue weighted by molar-refractivity contribution is -0.121. The van der Waals surface area contributed by atoms with E-state index in [-0.39, 0.29) is 11.7 Å². The van der Waals surface area contributed by atoms with Gasteiger partial charge in [0.1, 0.15) is 11.6 Å². The van der Waals surface area contributed by atoms with E-state index in [0.717, 1.165) is 50.7 Å². The fourth-order valence-corrected chi connectivity index (χ4v) is 4.52. The van der Waals surface area contributed by atoms with Gasteiger partial charge in [-0.2, -0.15) is 0 Å². The first-order valence-corrected chi connectivity index (χ1v) is 12.5. The minimum atomic E-state index is -0.395. The number of hydrogen-bond donors (Lipinski definition) is 2. The molecule has 1 fully saturated rings. The Hall–Kier alpha value is -1.62. The van der Waals surface area contributed by atoms with Crippen molar-refractivity contribution in [2.24, 2.45) is 5.92 Å². The van der Waals surface area contributed by atoms with Gasteiger partial charge in [-0.25, -0.2) is 4.39 Å². The maximum Gasteiger partial charge on any atom is 0.220 e. The molecule has 0 unspecified atom stereocenters. The molecule has 0 saturated carbocycles. The third-order valence-corrected chi connectivity index (χ3v) is 6.36. The van der Waals surface area contributed by atoms with Crippen LogP contribution in [0.5, 0.6) is 5.75 Å². The van der Waals surface area contributed by atoms with Crippen molar-refractivity contribution in [2.45, 2.75) is 90.4 Å². The lowest BCUT2D eigenvalue weighted by Crippen LogP contribution is -2.28. The van der Waals surface area contributed by atoms with Crippen molar-refractivity contribution in [1.29, 1.82) is 0 Å². The number of amides is 1. The molecule has 1 aromatic rings. The zero-order chi connectivity index (χ0) is 22.3. The quantitative estimate of drug-likeness (QED) is 0.322. The Morgan fingerprint density at radius 1 is 1.06 bits per heavy atom. The maximum absolute atomic E-state index is 13.4. The molecule has 4 nitrogen and oxygen atoms in total. The molecule has 0 bridgehead atoms. The first-order chi connectivity index (χ1) is 15.1. The number of aromatic hydroxyl groups is 1. The number of carbonyl (C=O) groups excluding carboxylic acids is 1. The molecule has 0 aromatic heterocycles. The number of phenolic OH excluding ortho intramolecular Hbond substituents is 1. The number of phenols is 1. The molecule has 1 atom stereocenters. The van der Waals surface area contributed by atoms with Crippen LogP contribution in [0.1, 0.15) is 89.5 Å². The summed E-state index contributed by atoms with van der Waals surface area (Å²) in [5.41, 5.74) is 0.815. The minimum Gasteiger partial charge on any atom is -0.508 e. The van der Waals surface area contributed by atoms with Crippen molar-refractivity contribution in [2.75, 3.05) is 26.2 Å². The molecule has 0 radical (unpaired) electrons.